The van der Waals surface area contributed by atoms with E-state index in [0.29, 0.717) is 16.4 Å². The van der Waals surface area contributed by atoms with Crippen LogP contribution >= 0.6 is 11.3 Å². The highest BCUT2D eigenvalue weighted by atomic mass is 32.1. The van der Waals surface area contributed by atoms with Gasteiger partial charge in [-0.15, -0.1) is 11.3 Å². The van der Waals surface area contributed by atoms with E-state index in [9.17, 15) is 9.59 Å². The highest BCUT2D eigenvalue weighted by Gasteiger charge is 2.14. The SMILES string of the molecule is COc1ccc(-c2csc(NC(=O)CCn3c(=O)cc(C)c4cccc(OC)c43)n2)cc1. The lowest BCUT2D eigenvalue weighted by Gasteiger charge is -2.14. The molecule has 0 saturated heterocycles. The third-order valence-corrected chi connectivity index (χ3v) is 5.98. The van der Waals surface area contributed by atoms with Crippen LogP contribution in [-0.4, -0.2) is 29.7 Å². The van der Waals surface area contributed by atoms with Crippen molar-refractivity contribution in [1.82, 2.24) is 9.55 Å². The Kier molecular flexibility index (Phi) is 6.23. The highest BCUT2D eigenvalue weighted by Crippen LogP contribution is 2.28. The van der Waals surface area contributed by atoms with E-state index in [1.165, 1.54) is 11.3 Å². The number of nitrogens with one attached hydrogen (secondary N) is 1. The Morgan fingerprint density at radius 3 is 2.62 bits per heavy atom. The van der Waals surface area contributed by atoms with Crippen LogP contribution in [0.4, 0.5) is 5.13 Å². The first-order valence-electron chi connectivity index (χ1n) is 10.1. The predicted molar refractivity (Wildman–Crippen MR) is 127 cm³/mol. The van der Waals surface area contributed by atoms with Crippen molar-refractivity contribution in [3.63, 3.8) is 0 Å². The molecule has 0 bridgehead atoms. The van der Waals surface area contributed by atoms with E-state index in [0.717, 1.165) is 28.0 Å². The van der Waals surface area contributed by atoms with Gasteiger partial charge in [-0.3, -0.25) is 9.59 Å². The number of amides is 1. The van der Waals surface area contributed by atoms with Crippen molar-refractivity contribution in [2.24, 2.45) is 0 Å². The molecule has 164 valence electrons. The fourth-order valence-electron chi connectivity index (χ4n) is 3.58. The maximum Gasteiger partial charge on any atom is 0.251 e. The molecule has 0 aliphatic carbocycles. The van der Waals surface area contributed by atoms with E-state index in [2.05, 4.69) is 10.3 Å². The van der Waals surface area contributed by atoms with Gasteiger partial charge in [-0.2, -0.15) is 0 Å². The minimum atomic E-state index is -0.212. The van der Waals surface area contributed by atoms with Crippen LogP contribution in [-0.2, 0) is 11.3 Å². The first-order chi connectivity index (χ1) is 15.5. The standard InChI is InChI=1S/C24H23N3O4S/c1-15-13-22(29)27(23-18(15)5-4-6-20(23)31-3)12-11-21(28)26-24-25-19(14-32-24)16-7-9-17(30-2)10-8-16/h4-10,13-14H,11-12H2,1-3H3,(H,25,26,28). The van der Waals surface area contributed by atoms with Crippen molar-refractivity contribution < 1.29 is 14.3 Å². The average Bonchev–Trinajstić information content (AvgIpc) is 3.27. The molecule has 2 aromatic heterocycles. The molecule has 0 spiro atoms. The Morgan fingerprint density at radius 2 is 1.91 bits per heavy atom. The van der Waals surface area contributed by atoms with Gasteiger partial charge in [-0.05, 0) is 42.8 Å². The molecule has 1 amide bonds. The molecule has 4 rings (SSSR count). The van der Waals surface area contributed by atoms with E-state index >= 15 is 0 Å². The van der Waals surface area contributed by atoms with Gasteiger partial charge in [0.2, 0.25) is 5.91 Å². The number of para-hydroxylation sites is 1. The van der Waals surface area contributed by atoms with Crippen LogP contribution in [0.3, 0.4) is 0 Å². The Balaban J connectivity index is 1.49. The zero-order valence-corrected chi connectivity index (χ0v) is 18.9. The molecule has 0 atom stereocenters. The smallest absolute Gasteiger partial charge is 0.251 e. The molecule has 4 aromatic rings. The molecule has 0 saturated carbocycles. The van der Waals surface area contributed by atoms with Gasteiger partial charge in [0.25, 0.3) is 5.56 Å². The van der Waals surface area contributed by atoms with Crippen LogP contribution < -0.4 is 20.3 Å². The molecule has 2 heterocycles. The molecule has 7 nitrogen and oxygen atoms in total. The summed E-state index contributed by atoms with van der Waals surface area (Å²) in [6.07, 6.45) is 0.133. The second kappa shape index (κ2) is 9.23. The zero-order valence-electron chi connectivity index (χ0n) is 18.0. The fourth-order valence-corrected chi connectivity index (χ4v) is 4.31. The van der Waals surface area contributed by atoms with Crippen LogP contribution in [0.1, 0.15) is 12.0 Å². The van der Waals surface area contributed by atoms with E-state index in [4.69, 9.17) is 9.47 Å². The minimum Gasteiger partial charge on any atom is -0.497 e. The number of anilines is 1. The zero-order chi connectivity index (χ0) is 22.7. The summed E-state index contributed by atoms with van der Waals surface area (Å²) < 4.78 is 12.2. The number of pyridine rings is 1. The monoisotopic (exact) mass is 449 g/mol. The van der Waals surface area contributed by atoms with Gasteiger partial charge in [0.15, 0.2) is 5.13 Å². The first-order valence-corrected chi connectivity index (χ1v) is 10.9. The van der Waals surface area contributed by atoms with Crippen molar-refractivity contribution in [1.29, 1.82) is 0 Å². The number of hydrogen-bond donors (Lipinski definition) is 1. The van der Waals surface area contributed by atoms with Crippen molar-refractivity contribution >= 4 is 33.3 Å². The quantitative estimate of drug-likeness (QED) is 0.450. The van der Waals surface area contributed by atoms with Gasteiger partial charge in [0.05, 0.1) is 25.4 Å². The number of hydrogen-bond acceptors (Lipinski definition) is 6. The fraction of sp³-hybridized carbons (Fsp3) is 0.208. The van der Waals surface area contributed by atoms with Gasteiger partial charge >= 0.3 is 0 Å². The maximum absolute atomic E-state index is 12.7. The van der Waals surface area contributed by atoms with Gasteiger partial charge in [0.1, 0.15) is 11.5 Å². The second-order valence-electron chi connectivity index (χ2n) is 7.24. The molecule has 2 aromatic carbocycles. The molecule has 0 aliphatic heterocycles. The summed E-state index contributed by atoms with van der Waals surface area (Å²) in [5.74, 6) is 1.16. The molecule has 0 fully saturated rings. The predicted octanol–water partition coefficient (Wildman–Crippen LogP) is 4.48. The van der Waals surface area contributed by atoms with Gasteiger partial charge in [-0.25, -0.2) is 4.98 Å². The Labute approximate surface area is 189 Å². The summed E-state index contributed by atoms with van der Waals surface area (Å²) in [5, 5.41) is 6.16. The minimum absolute atomic E-state index is 0.133. The molecular formula is C24H23N3O4S. The van der Waals surface area contributed by atoms with Crippen LogP contribution in [0.5, 0.6) is 11.5 Å². The van der Waals surface area contributed by atoms with Gasteiger partial charge < -0.3 is 19.4 Å². The molecule has 0 unspecified atom stereocenters. The Morgan fingerprint density at radius 1 is 1.12 bits per heavy atom. The first kappa shape index (κ1) is 21.6. The lowest BCUT2D eigenvalue weighted by atomic mass is 10.1. The molecular weight excluding hydrogens is 426 g/mol. The van der Waals surface area contributed by atoms with E-state index in [1.54, 1.807) is 24.9 Å². The van der Waals surface area contributed by atoms with Gasteiger partial charge in [0, 0.05) is 35.4 Å². The lowest BCUT2D eigenvalue weighted by Crippen LogP contribution is -2.24. The van der Waals surface area contributed by atoms with Crippen molar-refractivity contribution in [3.8, 4) is 22.8 Å². The number of aromatic nitrogens is 2. The summed E-state index contributed by atoms with van der Waals surface area (Å²) in [6, 6.07) is 14.8. The summed E-state index contributed by atoms with van der Waals surface area (Å²) in [6.45, 7) is 2.13. The largest absolute Gasteiger partial charge is 0.497 e. The van der Waals surface area contributed by atoms with Crippen molar-refractivity contribution in [2.75, 3.05) is 19.5 Å². The average molecular weight is 450 g/mol. The number of fused-ring (bicyclic) bond motifs is 1. The normalized spacial score (nSPS) is 10.8. The third kappa shape index (κ3) is 4.36. The highest BCUT2D eigenvalue weighted by molar-refractivity contribution is 7.14. The Hall–Kier alpha value is -3.65. The summed E-state index contributed by atoms with van der Waals surface area (Å²) in [5.41, 5.74) is 3.12. The number of ether oxygens (including phenoxy) is 2. The lowest BCUT2D eigenvalue weighted by molar-refractivity contribution is -0.116. The van der Waals surface area contributed by atoms with E-state index < -0.39 is 0 Å². The number of thiazole rings is 1. The maximum atomic E-state index is 12.7. The summed E-state index contributed by atoms with van der Waals surface area (Å²) >= 11 is 1.36. The number of benzene rings is 2. The number of rotatable bonds is 7. The van der Waals surface area contributed by atoms with Crippen LogP contribution in [0.2, 0.25) is 0 Å². The van der Waals surface area contributed by atoms with Crippen LogP contribution in [0.15, 0.2) is 58.7 Å². The number of carbonyl (C=O) groups excluding carboxylic acids is 1. The molecule has 1 N–H and O–H groups in total. The third-order valence-electron chi connectivity index (χ3n) is 5.22. The van der Waals surface area contributed by atoms with E-state index in [1.807, 2.05) is 54.8 Å². The number of carbonyl (C=O) groups is 1. The topological polar surface area (TPSA) is 82.5 Å². The van der Waals surface area contributed by atoms with Crippen molar-refractivity contribution in [3.05, 3.63) is 69.8 Å². The number of nitrogens with zero attached hydrogens (tertiary/aromatic N) is 2. The van der Waals surface area contributed by atoms with Crippen LogP contribution in [0.25, 0.3) is 22.2 Å². The number of aryl methyl sites for hydroxylation is 2. The van der Waals surface area contributed by atoms with Crippen LogP contribution in [0, 0.1) is 6.92 Å². The van der Waals surface area contributed by atoms with Gasteiger partial charge in [-0.1, -0.05) is 12.1 Å². The summed E-state index contributed by atoms with van der Waals surface area (Å²) in [7, 11) is 3.19. The molecule has 8 heteroatoms. The Bertz CT molecular complexity index is 1330. The van der Waals surface area contributed by atoms with E-state index in [-0.39, 0.29) is 24.4 Å². The number of methoxy groups -OCH3 is 2. The molecule has 0 radical (unpaired) electrons. The molecule has 32 heavy (non-hydrogen) atoms. The molecule has 0 aliphatic rings. The summed E-state index contributed by atoms with van der Waals surface area (Å²) in [4.78, 5) is 29.7. The van der Waals surface area contributed by atoms with Crippen molar-refractivity contribution in [2.45, 2.75) is 19.9 Å². The second-order valence-corrected chi connectivity index (χ2v) is 8.10.